The van der Waals surface area contributed by atoms with Gasteiger partial charge in [-0.3, -0.25) is 15.0 Å². The summed E-state index contributed by atoms with van der Waals surface area (Å²) in [5, 5.41) is 1.95. The van der Waals surface area contributed by atoms with Crippen molar-refractivity contribution in [3.05, 3.63) is 69.6 Å². The Balaban J connectivity index is 1.16. The Bertz CT molecular complexity index is 1220. The third kappa shape index (κ3) is 4.57. The molecule has 5 aliphatic rings. The monoisotopic (exact) mass is 538 g/mol. The Morgan fingerprint density at radius 2 is 1.72 bits per heavy atom. The van der Waals surface area contributed by atoms with Crippen LogP contribution in [0.2, 0.25) is 5.02 Å². The molecule has 0 aromatic heterocycles. The number of carbonyl (C=O) groups is 2. The Hall–Kier alpha value is -2.35. The normalized spacial score (nSPS) is 29.8. The van der Waals surface area contributed by atoms with E-state index in [1.165, 1.54) is 36.0 Å². The zero-order valence-electron chi connectivity index (χ0n) is 19.7. The van der Waals surface area contributed by atoms with E-state index in [0.717, 1.165) is 30.4 Å². The van der Waals surface area contributed by atoms with Gasteiger partial charge in [0.2, 0.25) is 5.91 Å². The van der Waals surface area contributed by atoms with E-state index in [-0.39, 0.29) is 17.2 Å². The Morgan fingerprint density at radius 3 is 2.39 bits per heavy atom. The SMILES string of the molecule is O=C1/C(=C\c2ccccc2OCc2ccc(Cl)cc2)SC(=S)N1NC(=O)C12CC3CC(CC(C3)C1)C2. The molecule has 4 saturated carbocycles. The van der Waals surface area contributed by atoms with Crippen LogP contribution in [0.5, 0.6) is 5.75 Å². The summed E-state index contributed by atoms with van der Waals surface area (Å²) >= 11 is 12.7. The zero-order valence-corrected chi connectivity index (χ0v) is 22.1. The average molecular weight is 539 g/mol. The highest BCUT2D eigenvalue weighted by molar-refractivity contribution is 8.26. The predicted molar refractivity (Wildman–Crippen MR) is 146 cm³/mol. The van der Waals surface area contributed by atoms with Gasteiger partial charge in [0.05, 0.1) is 10.3 Å². The number of nitrogens with zero attached hydrogens (tertiary/aromatic N) is 1. The Morgan fingerprint density at radius 1 is 1.08 bits per heavy atom. The summed E-state index contributed by atoms with van der Waals surface area (Å²) in [7, 11) is 0. The molecule has 0 atom stereocenters. The van der Waals surface area contributed by atoms with Crippen LogP contribution in [0.1, 0.15) is 49.7 Å². The fraction of sp³-hybridized carbons (Fsp3) is 0.393. The van der Waals surface area contributed by atoms with Gasteiger partial charge in [0.1, 0.15) is 12.4 Å². The lowest BCUT2D eigenvalue weighted by molar-refractivity contribution is -0.152. The van der Waals surface area contributed by atoms with Crippen molar-refractivity contribution in [1.82, 2.24) is 10.4 Å². The van der Waals surface area contributed by atoms with Crippen molar-refractivity contribution in [2.75, 3.05) is 0 Å². The number of hydrogen-bond acceptors (Lipinski definition) is 5. The number of para-hydroxylation sites is 1. The summed E-state index contributed by atoms with van der Waals surface area (Å²) in [6.45, 7) is 0.379. The van der Waals surface area contributed by atoms with Crippen LogP contribution in [0.3, 0.4) is 0 Å². The topological polar surface area (TPSA) is 58.6 Å². The largest absolute Gasteiger partial charge is 0.488 e. The number of thioether (sulfide) groups is 1. The minimum Gasteiger partial charge on any atom is -0.488 e. The smallest absolute Gasteiger partial charge is 0.285 e. The van der Waals surface area contributed by atoms with Crippen molar-refractivity contribution in [3.63, 3.8) is 0 Å². The first-order valence-electron chi connectivity index (χ1n) is 12.4. The quantitative estimate of drug-likeness (QED) is 0.342. The standard InChI is InChI=1S/C28H27ClN2O3S2/c29-22-7-5-17(6-8-22)16-34-23-4-2-1-3-21(23)12-24-25(32)31(27(35)36-24)30-26(33)28-13-18-9-19(14-28)11-20(10-18)15-28/h1-8,12,18-20H,9-11,13-16H2,(H,30,33)/b24-12+. The number of rotatable bonds is 6. The number of nitrogens with one attached hydrogen (secondary N) is 1. The third-order valence-corrected chi connectivity index (χ3v) is 9.59. The second kappa shape index (κ2) is 9.51. The minimum atomic E-state index is -0.343. The first kappa shape index (κ1) is 24.0. The minimum absolute atomic E-state index is 0.0363. The van der Waals surface area contributed by atoms with Crippen LogP contribution < -0.4 is 10.2 Å². The van der Waals surface area contributed by atoms with Crippen molar-refractivity contribution in [1.29, 1.82) is 0 Å². The summed E-state index contributed by atoms with van der Waals surface area (Å²) in [4.78, 5) is 27.2. The van der Waals surface area contributed by atoms with E-state index in [2.05, 4.69) is 5.43 Å². The molecule has 5 nitrogen and oxygen atoms in total. The van der Waals surface area contributed by atoms with Crippen molar-refractivity contribution in [2.24, 2.45) is 23.2 Å². The van der Waals surface area contributed by atoms with Crippen molar-refractivity contribution in [2.45, 2.75) is 45.1 Å². The summed E-state index contributed by atoms with van der Waals surface area (Å²) in [6.07, 6.45) is 8.38. The molecular formula is C28H27ClN2O3S2. The second-order valence-electron chi connectivity index (χ2n) is 10.6. The number of ether oxygens (including phenoxy) is 1. The third-order valence-electron chi connectivity index (χ3n) is 8.04. The lowest BCUT2D eigenvalue weighted by atomic mass is 9.49. The van der Waals surface area contributed by atoms with Crippen LogP contribution in [0.15, 0.2) is 53.4 Å². The highest BCUT2D eigenvalue weighted by Crippen LogP contribution is 2.60. The maximum Gasteiger partial charge on any atom is 0.285 e. The highest BCUT2D eigenvalue weighted by atomic mass is 35.5. The van der Waals surface area contributed by atoms with E-state index in [9.17, 15) is 9.59 Å². The summed E-state index contributed by atoms with van der Waals surface area (Å²) in [5.74, 6) is 2.28. The number of hydrogen-bond donors (Lipinski definition) is 1. The molecule has 4 aliphatic carbocycles. The molecule has 2 aromatic carbocycles. The number of hydrazine groups is 1. The number of benzene rings is 2. The summed E-state index contributed by atoms with van der Waals surface area (Å²) in [5.41, 5.74) is 4.34. The molecule has 0 unspecified atom stereocenters. The van der Waals surface area contributed by atoms with E-state index in [1.807, 2.05) is 48.5 Å². The first-order chi connectivity index (χ1) is 17.4. The fourth-order valence-corrected chi connectivity index (χ4v) is 8.08. The van der Waals surface area contributed by atoms with Gasteiger partial charge < -0.3 is 4.74 Å². The van der Waals surface area contributed by atoms with E-state index >= 15 is 0 Å². The van der Waals surface area contributed by atoms with Gasteiger partial charge in [-0.15, -0.1) is 0 Å². The van der Waals surface area contributed by atoms with Gasteiger partial charge in [0.25, 0.3) is 5.91 Å². The predicted octanol–water partition coefficient (Wildman–Crippen LogP) is 6.37. The molecule has 186 valence electrons. The van der Waals surface area contributed by atoms with Gasteiger partial charge in [0, 0.05) is 10.6 Å². The van der Waals surface area contributed by atoms with Crippen LogP contribution in [0.4, 0.5) is 0 Å². The van der Waals surface area contributed by atoms with Crippen LogP contribution in [0.25, 0.3) is 6.08 Å². The summed E-state index contributed by atoms with van der Waals surface area (Å²) < 4.78 is 6.39. The molecule has 2 aromatic rings. The molecule has 1 N–H and O–H groups in total. The number of thiocarbonyl (C=S) groups is 1. The van der Waals surface area contributed by atoms with Crippen molar-refractivity contribution < 1.29 is 14.3 Å². The molecule has 1 aliphatic heterocycles. The molecule has 1 heterocycles. The molecule has 7 rings (SSSR count). The number of halogens is 1. The summed E-state index contributed by atoms with van der Waals surface area (Å²) in [6, 6.07) is 15.1. The number of amides is 2. The van der Waals surface area contributed by atoms with Crippen LogP contribution in [-0.4, -0.2) is 21.1 Å². The lowest BCUT2D eigenvalue weighted by Crippen LogP contribution is -2.57. The molecule has 0 spiro atoms. The van der Waals surface area contributed by atoms with Gasteiger partial charge in [0.15, 0.2) is 4.32 Å². The Kier molecular flexibility index (Phi) is 6.34. The molecule has 4 bridgehead atoms. The molecule has 5 fully saturated rings. The van der Waals surface area contributed by atoms with E-state index < -0.39 is 0 Å². The molecule has 1 saturated heterocycles. The van der Waals surface area contributed by atoms with Crippen molar-refractivity contribution >= 4 is 57.8 Å². The molecular weight excluding hydrogens is 512 g/mol. The fourth-order valence-electron chi connectivity index (χ4n) is 6.79. The maximum absolute atomic E-state index is 13.5. The second-order valence-corrected chi connectivity index (χ2v) is 12.7. The van der Waals surface area contributed by atoms with Crippen LogP contribution in [-0.2, 0) is 16.2 Å². The highest BCUT2D eigenvalue weighted by Gasteiger charge is 2.55. The van der Waals surface area contributed by atoms with Gasteiger partial charge in [-0.2, -0.15) is 5.01 Å². The number of carbonyl (C=O) groups excluding carboxylic acids is 2. The van der Waals surface area contributed by atoms with E-state index in [0.29, 0.717) is 44.4 Å². The van der Waals surface area contributed by atoms with Crippen molar-refractivity contribution in [3.8, 4) is 5.75 Å². The average Bonchev–Trinajstić information content (AvgIpc) is 3.11. The molecule has 0 radical (unpaired) electrons. The van der Waals surface area contributed by atoms with Gasteiger partial charge in [-0.05, 0) is 98.3 Å². The first-order valence-corrected chi connectivity index (χ1v) is 14.0. The van der Waals surface area contributed by atoms with Crippen LogP contribution >= 0.6 is 35.6 Å². The molecule has 2 amide bonds. The molecule has 36 heavy (non-hydrogen) atoms. The van der Waals surface area contributed by atoms with E-state index in [4.69, 9.17) is 28.6 Å². The lowest BCUT2D eigenvalue weighted by Gasteiger charge is -2.55. The Labute approximate surface area is 225 Å². The maximum atomic E-state index is 13.5. The van der Waals surface area contributed by atoms with Gasteiger partial charge in [-0.25, -0.2) is 0 Å². The van der Waals surface area contributed by atoms with E-state index in [1.54, 1.807) is 6.08 Å². The molecule has 8 heteroatoms. The van der Waals surface area contributed by atoms with Crippen LogP contribution in [0, 0.1) is 23.2 Å². The van der Waals surface area contributed by atoms with Gasteiger partial charge in [-0.1, -0.05) is 53.7 Å². The van der Waals surface area contributed by atoms with Gasteiger partial charge >= 0.3 is 0 Å². The zero-order chi connectivity index (χ0) is 24.9.